The zero-order chi connectivity index (χ0) is 18.1. The van der Waals surface area contributed by atoms with E-state index in [1.165, 1.54) is 27.5 Å². The number of benzene rings is 2. The van der Waals surface area contributed by atoms with Gasteiger partial charge in [0.2, 0.25) is 0 Å². The van der Waals surface area contributed by atoms with Crippen molar-refractivity contribution < 1.29 is 0 Å². The van der Waals surface area contributed by atoms with Crippen molar-refractivity contribution >= 4 is 28.3 Å². The number of para-hydroxylation sites is 1. The average Bonchev–Trinajstić information content (AvgIpc) is 3.27. The number of anilines is 1. The van der Waals surface area contributed by atoms with Crippen molar-refractivity contribution in [3.8, 4) is 5.69 Å². The van der Waals surface area contributed by atoms with Crippen LogP contribution in [0.3, 0.4) is 0 Å². The van der Waals surface area contributed by atoms with Crippen molar-refractivity contribution in [2.45, 2.75) is 45.1 Å². The highest BCUT2D eigenvalue weighted by molar-refractivity contribution is 14.1. The molecule has 0 saturated heterocycles. The molecule has 0 aliphatic heterocycles. The number of nitrogens with zero attached hydrogens (tertiary/aromatic N) is 4. The third kappa shape index (κ3) is 3.11. The molecular formula is C20H22IN5. The maximum absolute atomic E-state index is 4.48. The zero-order valence-corrected chi connectivity index (χ0v) is 17.2. The molecule has 0 atom stereocenters. The second kappa shape index (κ2) is 6.98. The van der Waals surface area contributed by atoms with Gasteiger partial charge in [0.1, 0.15) is 0 Å². The third-order valence-electron chi connectivity index (χ3n) is 5.23. The smallest absolute Gasteiger partial charge is 0.181 e. The Morgan fingerprint density at radius 3 is 2.31 bits per heavy atom. The number of hydrogen-bond donors (Lipinski definition) is 1. The number of tetrazole rings is 1. The Labute approximate surface area is 167 Å². The monoisotopic (exact) mass is 459 g/mol. The van der Waals surface area contributed by atoms with Crippen LogP contribution in [0.5, 0.6) is 0 Å². The molecule has 134 valence electrons. The molecule has 3 aromatic rings. The Bertz CT molecular complexity index is 890. The maximum Gasteiger partial charge on any atom is 0.181 e. The summed E-state index contributed by atoms with van der Waals surface area (Å²) < 4.78 is 3.17. The third-order valence-corrected chi connectivity index (χ3v) is 5.95. The Morgan fingerprint density at radius 1 is 1.00 bits per heavy atom. The Morgan fingerprint density at radius 2 is 1.65 bits per heavy atom. The van der Waals surface area contributed by atoms with Crippen LogP contribution in [0, 0.1) is 17.4 Å². The molecule has 5 nitrogen and oxygen atoms in total. The number of hydrogen-bond acceptors (Lipinski definition) is 4. The van der Waals surface area contributed by atoms with Crippen LogP contribution in [0.1, 0.15) is 42.6 Å². The number of nitrogens with one attached hydrogen (secondary N) is 1. The lowest BCUT2D eigenvalue weighted by Gasteiger charge is -2.30. The first-order valence-corrected chi connectivity index (χ1v) is 10.1. The SMILES string of the molecule is Cc1cccc(C)c1-n1nnnc1C1(Nc2ccc(I)cc2)CCCC1. The summed E-state index contributed by atoms with van der Waals surface area (Å²) in [6.07, 6.45) is 4.42. The van der Waals surface area contributed by atoms with Crippen LogP contribution >= 0.6 is 22.6 Å². The molecule has 0 unspecified atom stereocenters. The molecule has 4 rings (SSSR count). The zero-order valence-electron chi connectivity index (χ0n) is 15.0. The largest absolute Gasteiger partial charge is 0.373 e. The molecule has 0 radical (unpaired) electrons. The van der Waals surface area contributed by atoms with Crippen LogP contribution in [0.15, 0.2) is 42.5 Å². The van der Waals surface area contributed by atoms with Crippen LogP contribution in [-0.4, -0.2) is 20.2 Å². The van der Waals surface area contributed by atoms with Gasteiger partial charge in [-0.05, 0) is 95.1 Å². The minimum absolute atomic E-state index is 0.231. The minimum atomic E-state index is -0.231. The quantitative estimate of drug-likeness (QED) is 0.572. The summed E-state index contributed by atoms with van der Waals surface area (Å²) in [5.74, 6) is 0.908. The summed E-state index contributed by atoms with van der Waals surface area (Å²) in [7, 11) is 0. The van der Waals surface area contributed by atoms with Gasteiger partial charge in [-0.1, -0.05) is 31.0 Å². The van der Waals surface area contributed by atoms with Gasteiger partial charge in [0.15, 0.2) is 5.82 Å². The van der Waals surface area contributed by atoms with Gasteiger partial charge in [-0.3, -0.25) is 0 Å². The lowest BCUT2D eigenvalue weighted by Crippen LogP contribution is -2.35. The van der Waals surface area contributed by atoms with E-state index >= 15 is 0 Å². The van der Waals surface area contributed by atoms with Gasteiger partial charge in [0, 0.05) is 9.26 Å². The van der Waals surface area contributed by atoms with Crippen LogP contribution < -0.4 is 5.32 Å². The van der Waals surface area contributed by atoms with Crippen molar-refractivity contribution in [2.24, 2.45) is 0 Å². The van der Waals surface area contributed by atoms with Crippen molar-refractivity contribution in [1.82, 2.24) is 20.2 Å². The summed E-state index contributed by atoms with van der Waals surface area (Å²) in [5, 5.41) is 16.7. The fourth-order valence-electron chi connectivity index (χ4n) is 3.97. The van der Waals surface area contributed by atoms with E-state index in [1.54, 1.807) is 0 Å². The van der Waals surface area contributed by atoms with Crippen LogP contribution in [0.2, 0.25) is 0 Å². The predicted octanol–water partition coefficient (Wildman–Crippen LogP) is 4.77. The van der Waals surface area contributed by atoms with E-state index in [1.807, 2.05) is 4.68 Å². The van der Waals surface area contributed by atoms with Crippen LogP contribution in [0.25, 0.3) is 5.69 Å². The van der Waals surface area contributed by atoms with E-state index in [2.05, 4.69) is 99.7 Å². The number of halogens is 1. The molecule has 1 aliphatic rings. The second-order valence-electron chi connectivity index (χ2n) is 7.08. The predicted molar refractivity (Wildman–Crippen MR) is 112 cm³/mol. The van der Waals surface area contributed by atoms with E-state index in [4.69, 9.17) is 0 Å². The van der Waals surface area contributed by atoms with Gasteiger partial charge in [-0.15, -0.1) is 5.10 Å². The molecule has 0 bridgehead atoms. The molecule has 2 aromatic carbocycles. The van der Waals surface area contributed by atoms with Crippen molar-refractivity contribution in [1.29, 1.82) is 0 Å². The van der Waals surface area contributed by atoms with E-state index in [-0.39, 0.29) is 5.54 Å². The summed E-state index contributed by atoms with van der Waals surface area (Å²) >= 11 is 2.33. The highest BCUT2D eigenvalue weighted by Crippen LogP contribution is 2.41. The fraction of sp³-hybridized carbons (Fsp3) is 0.350. The van der Waals surface area contributed by atoms with E-state index in [0.29, 0.717) is 0 Å². The molecule has 6 heteroatoms. The first-order valence-electron chi connectivity index (χ1n) is 8.98. The highest BCUT2D eigenvalue weighted by Gasteiger charge is 2.41. The number of aryl methyl sites for hydroxylation is 2. The molecule has 0 spiro atoms. The van der Waals surface area contributed by atoms with Gasteiger partial charge in [0.25, 0.3) is 0 Å². The molecule has 1 aromatic heterocycles. The van der Waals surface area contributed by atoms with E-state index < -0.39 is 0 Å². The molecule has 1 fully saturated rings. The lowest BCUT2D eigenvalue weighted by molar-refractivity contribution is 0.461. The number of aromatic nitrogens is 4. The highest BCUT2D eigenvalue weighted by atomic mass is 127. The molecule has 1 heterocycles. The van der Waals surface area contributed by atoms with Gasteiger partial charge in [0.05, 0.1) is 11.2 Å². The summed E-state index contributed by atoms with van der Waals surface area (Å²) in [6.45, 7) is 4.23. The van der Waals surface area contributed by atoms with Crippen molar-refractivity contribution in [3.63, 3.8) is 0 Å². The Kier molecular flexibility index (Phi) is 4.69. The first-order chi connectivity index (χ1) is 12.6. The second-order valence-corrected chi connectivity index (χ2v) is 8.32. The molecule has 1 N–H and O–H groups in total. The van der Waals surface area contributed by atoms with Gasteiger partial charge < -0.3 is 5.32 Å². The minimum Gasteiger partial charge on any atom is -0.373 e. The molecule has 26 heavy (non-hydrogen) atoms. The van der Waals surface area contributed by atoms with Gasteiger partial charge in [-0.2, -0.15) is 4.68 Å². The Hall–Kier alpha value is -1.96. The lowest BCUT2D eigenvalue weighted by atomic mass is 9.95. The van der Waals surface area contributed by atoms with E-state index in [9.17, 15) is 0 Å². The first kappa shape index (κ1) is 17.5. The topological polar surface area (TPSA) is 55.6 Å². The summed E-state index contributed by atoms with van der Waals surface area (Å²) in [4.78, 5) is 0. The molecular weight excluding hydrogens is 437 g/mol. The average molecular weight is 459 g/mol. The standard InChI is InChI=1S/C20H22IN5/c1-14-6-5-7-15(2)18(14)26-19(23-24-25-26)20(12-3-4-13-20)22-17-10-8-16(21)9-11-17/h5-11,22H,3-4,12-13H2,1-2H3. The fourth-order valence-corrected chi connectivity index (χ4v) is 4.33. The Balaban J connectivity index is 1.80. The van der Waals surface area contributed by atoms with Gasteiger partial charge >= 0.3 is 0 Å². The van der Waals surface area contributed by atoms with Crippen molar-refractivity contribution in [3.05, 3.63) is 63.0 Å². The van der Waals surface area contributed by atoms with Crippen LogP contribution in [0.4, 0.5) is 5.69 Å². The summed E-state index contributed by atoms with van der Waals surface area (Å²) in [6, 6.07) is 14.8. The maximum atomic E-state index is 4.48. The van der Waals surface area contributed by atoms with Crippen LogP contribution in [-0.2, 0) is 5.54 Å². The summed E-state index contributed by atoms with van der Waals surface area (Å²) in [5.41, 5.74) is 4.33. The van der Waals surface area contributed by atoms with Gasteiger partial charge in [-0.25, -0.2) is 0 Å². The molecule has 1 aliphatic carbocycles. The van der Waals surface area contributed by atoms with Crippen molar-refractivity contribution in [2.75, 3.05) is 5.32 Å². The van der Waals surface area contributed by atoms with E-state index in [0.717, 1.165) is 30.0 Å². The number of rotatable bonds is 4. The molecule has 1 saturated carbocycles. The molecule has 0 amide bonds. The normalized spacial score (nSPS) is 16.0.